The molecular weight excluding hydrogens is 264 g/mol. The van der Waals surface area contributed by atoms with Gasteiger partial charge in [0.2, 0.25) is 0 Å². The van der Waals surface area contributed by atoms with Gasteiger partial charge in [-0.05, 0) is 30.4 Å². The topological polar surface area (TPSA) is 66.8 Å². The fraction of sp³-hybridized carbons (Fsp3) is 0.357. The zero-order chi connectivity index (χ0) is 14.0. The standard InChI is InChI=1S/C14H16O4S/c1-8(14(16)17)3-4-10-5-9-6-11(15)12(18-2)7-13(9)19-10/h5-8,15H,3-4H2,1-2H3,(H,16,17)/t8-/m0/s1. The maximum absolute atomic E-state index is 10.8. The second-order valence-electron chi connectivity index (χ2n) is 4.55. The van der Waals surface area contributed by atoms with Crippen molar-refractivity contribution >= 4 is 27.4 Å². The van der Waals surface area contributed by atoms with E-state index in [4.69, 9.17) is 9.84 Å². The molecule has 0 saturated carbocycles. The molecule has 1 aromatic carbocycles. The number of phenols is 1. The highest BCUT2D eigenvalue weighted by Crippen LogP contribution is 2.36. The predicted octanol–water partition coefficient (Wildman–Crippen LogP) is 3.27. The molecule has 0 aliphatic heterocycles. The molecule has 0 amide bonds. The monoisotopic (exact) mass is 280 g/mol. The molecule has 0 saturated heterocycles. The maximum Gasteiger partial charge on any atom is 0.306 e. The second kappa shape index (κ2) is 5.48. The number of hydrogen-bond acceptors (Lipinski definition) is 4. The summed E-state index contributed by atoms with van der Waals surface area (Å²) in [5, 5.41) is 19.5. The quantitative estimate of drug-likeness (QED) is 0.882. The Bertz CT molecular complexity index is 603. The Balaban J connectivity index is 2.19. The molecule has 2 N–H and O–H groups in total. The first-order valence-electron chi connectivity index (χ1n) is 6.03. The molecule has 0 spiro atoms. The minimum Gasteiger partial charge on any atom is -0.504 e. The van der Waals surface area contributed by atoms with Gasteiger partial charge >= 0.3 is 5.97 Å². The lowest BCUT2D eigenvalue weighted by molar-refractivity contribution is -0.141. The van der Waals surface area contributed by atoms with Crippen molar-refractivity contribution < 1.29 is 19.7 Å². The highest BCUT2D eigenvalue weighted by molar-refractivity contribution is 7.19. The third-order valence-electron chi connectivity index (χ3n) is 3.11. The van der Waals surface area contributed by atoms with Crippen LogP contribution in [0.4, 0.5) is 0 Å². The molecule has 102 valence electrons. The van der Waals surface area contributed by atoms with Crippen molar-refractivity contribution in [1.82, 2.24) is 0 Å². The van der Waals surface area contributed by atoms with E-state index >= 15 is 0 Å². The van der Waals surface area contributed by atoms with E-state index in [0.29, 0.717) is 12.2 Å². The van der Waals surface area contributed by atoms with Gasteiger partial charge in [0, 0.05) is 15.6 Å². The SMILES string of the molecule is COc1cc2sc(CC[C@H](C)C(=O)O)cc2cc1O. The van der Waals surface area contributed by atoms with Crippen molar-refractivity contribution in [3.63, 3.8) is 0 Å². The molecule has 1 aromatic heterocycles. The van der Waals surface area contributed by atoms with Crippen LogP contribution in [0.25, 0.3) is 10.1 Å². The van der Waals surface area contributed by atoms with E-state index in [1.54, 1.807) is 30.4 Å². The van der Waals surface area contributed by atoms with Crippen LogP contribution >= 0.6 is 11.3 Å². The lowest BCUT2D eigenvalue weighted by Crippen LogP contribution is -2.09. The summed E-state index contributed by atoms with van der Waals surface area (Å²) in [5.74, 6) is -0.522. The molecule has 19 heavy (non-hydrogen) atoms. The number of aromatic hydroxyl groups is 1. The van der Waals surface area contributed by atoms with Gasteiger partial charge in [0.05, 0.1) is 13.0 Å². The number of benzene rings is 1. The highest BCUT2D eigenvalue weighted by atomic mass is 32.1. The number of thiophene rings is 1. The Morgan fingerprint density at radius 3 is 2.79 bits per heavy atom. The van der Waals surface area contributed by atoms with E-state index in [2.05, 4.69) is 0 Å². The number of carboxylic acids is 1. The third-order valence-corrected chi connectivity index (χ3v) is 4.27. The van der Waals surface area contributed by atoms with E-state index in [1.165, 1.54) is 7.11 Å². The van der Waals surface area contributed by atoms with Crippen LogP contribution in [0.1, 0.15) is 18.2 Å². The number of fused-ring (bicyclic) bond motifs is 1. The first-order valence-corrected chi connectivity index (χ1v) is 6.85. The normalized spacial score (nSPS) is 12.5. The van der Waals surface area contributed by atoms with Crippen molar-refractivity contribution in [2.75, 3.05) is 7.11 Å². The zero-order valence-electron chi connectivity index (χ0n) is 10.8. The van der Waals surface area contributed by atoms with Gasteiger partial charge in [0.15, 0.2) is 11.5 Å². The number of ether oxygens (including phenoxy) is 1. The third kappa shape index (κ3) is 2.98. The van der Waals surface area contributed by atoms with Gasteiger partial charge in [-0.15, -0.1) is 11.3 Å². The summed E-state index contributed by atoms with van der Waals surface area (Å²) in [6.45, 7) is 1.71. The average Bonchev–Trinajstić information content (AvgIpc) is 2.76. The van der Waals surface area contributed by atoms with Crippen LogP contribution in [0.5, 0.6) is 11.5 Å². The van der Waals surface area contributed by atoms with Crippen LogP contribution in [-0.2, 0) is 11.2 Å². The van der Waals surface area contributed by atoms with Crippen LogP contribution in [0.3, 0.4) is 0 Å². The number of rotatable bonds is 5. The summed E-state index contributed by atoms with van der Waals surface area (Å²) in [6.07, 6.45) is 1.35. The molecule has 2 rings (SSSR count). The van der Waals surface area contributed by atoms with Crippen LogP contribution in [0, 0.1) is 5.92 Å². The summed E-state index contributed by atoms with van der Waals surface area (Å²) in [7, 11) is 1.52. The van der Waals surface area contributed by atoms with Crippen molar-refractivity contribution in [3.05, 3.63) is 23.1 Å². The molecule has 1 atom stereocenters. The molecule has 5 heteroatoms. The van der Waals surface area contributed by atoms with Gasteiger partial charge in [-0.25, -0.2) is 0 Å². The molecule has 0 radical (unpaired) electrons. The first-order chi connectivity index (χ1) is 9.01. The number of aliphatic carboxylic acids is 1. The zero-order valence-corrected chi connectivity index (χ0v) is 11.7. The van der Waals surface area contributed by atoms with Gasteiger partial charge < -0.3 is 14.9 Å². The first kappa shape index (κ1) is 13.7. The second-order valence-corrected chi connectivity index (χ2v) is 5.72. The highest BCUT2D eigenvalue weighted by Gasteiger charge is 2.12. The Kier molecular flexibility index (Phi) is 3.95. The van der Waals surface area contributed by atoms with Crippen LogP contribution in [-0.4, -0.2) is 23.3 Å². The maximum atomic E-state index is 10.8. The van der Waals surface area contributed by atoms with Crippen molar-refractivity contribution in [2.45, 2.75) is 19.8 Å². The van der Waals surface area contributed by atoms with Gasteiger partial charge in [-0.2, -0.15) is 0 Å². The molecular formula is C14H16O4S. The predicted molar refractivity (Wildman–Crippen MR) is 75.2 cm³/mol. The Morgan fingerprint density at radius 2 is 2.16 bits per heavy atom. The van der Waals surface area contributed by atoms with Gasteiger partial charge in [-0.3, -0.25) is 4.79 Å². The van der Waals surface area contributed by atoms with Crippen molar-refractivity contribution in [2.24, 2.45) is 5.92 Å². The molecule has 0 aliphatic rings. The van der Waals surface area contributed by atoms with E-state index in [9.17, 15) is 9.90 Å². The summed E-state index contributed by atoms with van der Waals surface area (Å²) in [5.41, 5.74) is 0. The minimum atomic E-state index is -0.763. The molecule has 0 unspecified atom stereocenters. The average molecular weight is 280 g/mol. The number of carbonyl (C=O) groups is 1. The number of aryl methyl sites for hydroxylation is 1. The van der Waals surface area contributed by atoms with E-state index < -0.39 is 5.97 Å². The Morgan fingerprint density at radius 1 is 1.42 bits per heavy atom. The summed E-state index contributed by atoms with van der Waals surface area (Å²) in [6, 6.07) is 5.47. The molecule has 2 aromatic rings. The van der Waals surface area contributed by atoms with E-state index in [-0.39, 0.29) is 11.7 Å². The fourth-order valence-electron chi connectivity index (χ4n) is 1.88. The summed E-state index contributed by atoms with van der Waals surface area (Å²) < 4.78 is 6.11. The summed E-state index contributed by atoms with van der Waals surface area (Å²) in [4.78, 5) is 11.9. The van der Waals surface area contributed by atoms with Crippen LogP contribution in [0.15, 0.2) is 18.2 Å². The van der Waals surface area contributed by atoms with Crippen LogP contribution < -0.4 is 4.74 Å². The van der Waals surface area contributed by atoms with Gasteiger partial charge in [0.1, 0.15) is 0 Å². The largest absolute Gasteiger partial charge is 0.504 e. The smallest absolute Gasteiger partial charge is 0.306 e. The fourth-order valence-corrected chi connectivity index (χ4v) is 2.97. The lowest BCUT2D eigenvalue weighted by atomic mass is 10.1. The number of hydrogen-bond donors (Lipinski definition) is 2. The Hall–Kier alpha value is -1.75. The number of phenolic OH excluding ortho intramolecular Hbond substituents is 1. The van der Waals surface area contributed by atoms with Crippen molar-refractivity contribution in [3.8, 4) is 11.5 Å². The van der Waals surface area contributed by atoms with E-state index in [0.717, 1.165) is 21.4 Å². The summed E-state index contributed by atoms with van der Waals surface area (Å²) >= 11 is 1.61. The molecule has 0 bridgehead atoms. The van der Waals surface area contributed by atoms with Crippen molar-refractivity contribution in [1.29, 1.82) is 0 Å². The number of methoxy groups -OCH3 is 1. The lowest BCUT2D eigenvalue weighted by Gasteiger charge is -2.03. The van der Waals surface area contributed by atoms with Gasteiger partial charge in [-0.1, -0.05) is 6.92 Å². The minimum absolute atomic E-state index is 0.123. The van der Waals surface area contributed by atoms with Crippen LogP contribution in [0.2, 0.25) is 0 Å². The van der Waals surface area contributed by atoms with Gasteiger partial charge in [0.25, 0.3) is 0 Å². The number of carboxylic acid groups (broad SMARTS) is 1. The molecule has 0 fully saturated rings. The molecule has 0 aliphatic carbocycles. The Labute approximate surface area is 115 Å². The van der Waals surface area contributed by atoms with E-state index in [1.807, 2.05) is 6.07 Å². The molecule has 1 heterocycles. The molecule has 4 nitrogen and oxygen atoms in total.